The number of hydrogen-bond donors (Lipinski definition) is 0. The fourth-order valence-corrected chi connectivity index (χ4v) is 4.53. The Labute approximate surface area is 183 Å². The van der Waals surface area contributed by atoms with E-state index in [1.807, 2.05) is 41.4 Å². The van der Waals surface area contributed by atoms with Crippen LogP contribution >= 0.6 is 0 Å². The van der Waals surface area contributed by atoms with Gasteiger partial charge in [-0.25, -0.2) is 0 Å². The van der Waals surface area contributed by atoms with Crippen LogP contribution in [-0.4, -0.2) is 47.7 Å². The highest BCUT2D eigenvalue weighted by atomic mass is 16.5. The number of benzene rings is 2. The van der Waals surface area contributed by atoms with E-state index >= 15 is 0 Å². The summed E-state index contributed by atoms with van der Waals surface area (Å²) in [5, 5.41) is 1.14. The van der Waals surface area contributed by atoms with Crippen LogP contribution in [0.25, 0.3) is 22.0 Å². The molecule has 0 bridgehead atoms. The molecule has 0 saturated carbocycles. The highest BCUT2D eigenvalue weighted by molar-refractivity contribution is 5.83. The Morgan fingerprint density at radius 2 is 1.81 bits per heavy atom. The van der Waals surface area contributed by atoms with Crippen LogP contribution in [0.15, 0.2) is 60.8 Å². The summed E-state index contributed by atoms with van der Waals surface area (Å²) in [6.07, 6.45) is 4.47. The van der Waals surface area contributed by atoms with Crippen molar-refractivity contribution in [3.05, 3.63) is 60.8 Å². The second-order valence-corrected chi connectivity index (χ2v) is 8.64. The third-order valence-corrected chi connectivity index (χ3v) is 6.47. The summed E-state index contributed by atoms with van der Waals surface area (Å²) < 4.78 is 11.9. The third kappa shape index (κ3) is 4.28. The van der Waals surface area contributed by atoms with E-state index < -0.39 is 0 Å². The third-order valence-electron chi connectivity index (χ3n) is 6.47. The van der Waals surface area contributed by atoms with Gasteiger partial charge in [0.2, 0.25) is 0 Å². The second-order valence-electron chi connectivity index (χ2n) is 8.64. The van der Waals surface area contributed by atoms with Crippen molar-refractivity contribution in [1.29, 1.82) is 0 Å². The molecule has 3 aromatic rings. The van der Waals surface area contributed by atoms with Crippen LogP contribution in [0.1, 0.15) is 26.2 Å². The number of fused-ring (bicyclic) bond motifs is 1. The van der Waals surface area contributed by atoms with Crippen LogP contribution in [0.4, 0.5) is 0 Å². The molecule has 2 aromatic carbocycles. The maximum Gasteiger partial charge on any atom is 0.251 e. The standard InChI is InChI=1S/C26H28N2O3/c1-18-12-15-30-25(18)26(29)28-13-10-23(11-14-28)31-22-8-6-19(7-9-22)21-16-20-4-2-3-5-24(20)27-17-21/h2-9,16-18,23,25H,10-15H2,1H3/t18-,25+/m0/s1. The summed E-state index contributed by atoms with van der Waals surface area (Å²) >= 11 is 0. The molecule has 2 fully saturated rings. The van der Waals surface area contributed by atoms with Crippen molar-refractivity contribution >= 4 is 16.8 Å². The van der Waals surface area contributed by atoms with Crippen molar-refractivity contribution in [2.45, 2.75) is 38.4 Å². The fourth-order valence-electron chi connectivity index (χ4n) is 4.53. The number of nitrogens with zero attached hydrogens (tertiary/aromatic N) is 2. The highest BCUT2D eigenvalue weighted by Crippen LogP contribution is 2.27. The van der Waals surface area contributed by atoms with E-state index in [2.05, 4.69) is 36.2 Å². The van der Waals surface area contributed by atoms with E-state index in [0.29, 0.717) is 12.5 Å². The van der Waals surface area contributed by atoms with Gasteiger partial charge >= 0.3 is 0 Å². The number of para-hydroxylation sites is 1. The van der Waals surface area contributed by atoms with E-state index in [0.717, 1.165) is 60.1 Å². The summed E-state index contributed by atoms with van der Waals surface area (Å²) in [4.78, 5) is 19.2. The predicted molar refractivity (Wildman–Crippen MR) is 121 cm³/mol. The van der Waals surface area contributed by atoms with E-state index in [4.69, 9.17) is 9.47 Å². The quantitative estimate of drug-likeness (QED) is 0.619. The molecule has 1 aromatic heterocycles. The maximum absolute atomic E-state index is 12.7. The van der Waals surface area contributed by atoms with E-state index in [-0.39, 0.29) is 18.1 Å². The molecule has 5 nitrogen and oxygen atoms in total. The Balaban J connectivity index is 1.18. The zero-order chi connectivity index (χ0) is 21.2. The smallest absolute Gasteiger partial charge is 0.251 e. The van der Waals surface area contributed by atoms with Crippen LogP contribution in [0.2, 0.25) is 0 Å². The molecule has 31 heavy (non-hydrogen) atoms. The molecule has 5 heteroatoms. The summed E-state index contributed by atoms with van der Waals surface area (Å²) in [5.41, 5.74) is 3.22. The average Bonchev–Trinajstić information content (AvgIpc) is 3.25. The first-order chi connectivity index (χ1) is 15.2. The number of pyridine rings is 1. The molecule has 0 radical (unpaired) electrons. The maximum atomic E-state index is 12.7. The van der Waals surface area contributed by atoms with Gasteiger partial charge in [-0.3, -0.25) is 9.78 Å². The summed E-state index contributed by atoms with van der Waals surface area (Å²) in [6, 6.07) is 18.5. The first kappa shape index (κ1) is 20.0. The van der Waals surface area contributed by atoms with Crippen LogP contribution in [-0.2, 0) is 9.53 Å². The molecule has 0 aliphatic carbocycles. The zero-order valence-electron chi connectivity index (χ0n) is 17.9. The Hall–Kier alpha value is -2.92. The van der Waals surface area contributed by atoms with Gasteiger partial charge in [0.05, 0.1) is 5.52 Å². The van der Waals surface area contributed by atoms with Gasteiger partial charge in [-0.1, -0.05) is 37.3 Å². The van der Waals surface area contributed by atoms with Crippen molar-refractivity contribution < 1.29 is 14.3 Å². The minimum atomic E-state index is -0.255. The van der Waals surface area contributed by atoms with Crippen molar-refractivity contribution in [2.24, 2.45) is 5.92 Å². The number of likely N-dealkylation sites (tertiary alicyclic amines) is 1. The van der Waals surface area contributed by atoms with Gasteiger partial charge in [0.15, 0.2) is 0 Å². The first-order valence-electron chi connectivity index (χ1n) is 11.2. The molecule has 3 heterocycles. The van der Waals surface area contributed by atoms with Crippen LogP contribution < -0.4 is 4.74 Å². The van der Waals surface area contributed by atoms with E-state index in [9.17, 15) is 4.79 Å². The van der Waals surface area contributed by atoms with Gasteiger partial charge in [0.1, 0.15) is 18.0 Å². The van der Waals surface area contributed by atoms with Crippen LogP contribution in [0.3, 0.4) is 0 Å². The highest BCUT2D eigenvalue weighted by Gasteiger charge is 2.35. The normalized spacial score (nSPS) is 22.0. The summed E-state index contributed by atoms with van der Waals surface area (Å²) in [6.45, 7) is 4.26. The topological polar surface area (TPSA) is 51.7 Å². The number of hydrogen-bond acceptors (Lipinski definition) is 4. The van der Waals surface area contributed by atoms with E-state index in [1.54, 1.807) is 0 Å². The molecular formula is C26H28N2O3. The first-order valence-corrected chi connectivity index (χ1v) is 11.2. The average molecular weight is 417 g/mol. The number of ether oxygens (including phenoxy) is 2. The number of piperidine rings is 1. The Bertz CT molecular complexity index is 1060. The number of aromatic nitrogens is 1. The lowest BCUT2D eigenvalue weighted by atomic mass is 10.0. The fraction of sp³-hybridized carbons (Fsp3) is 0.385. The molecule has 0 unspecified atom stereocenters. The Morgan fingerprint density at radius 3 is 2.55 bits per heavy atom. The second kappa shape index (κ2) is 8.67. The molecule has 0 spiro atoms. The van der Waals surface area contributed by atoms with Crippen LogP contribution in [0, 0.1) is 5.92 Å². The van der Waals surface area contributed by atoms with Gasteiger partial charge in [0, 0.05) is 49.7 Å². The van der Waals surface area contributed by atoms with E-state index in [1.165, 1.54) is 0 Å². The van der Waals surface area contributed by atoms with Gasteiger partial charge in [-0.2, -0.15) is 0 Å². The largest absolute Gasteiger partial charge is 0.490 e. The number of carbonyl (C=O) groups excluding carboxylic acids is 1. The van der Waals surface area contributed by atoms with Crippen molar-refractivity contribution in [2.75, 3.05) is 19.7 Å². The SMILES string of the molecule is C[C@H]1CCO[C@H]1C(=O)N1CCC(Oc2ccc(-c3cnc4ccccc4c3)cc2)CC1. The predicted octanol–water partition coefficient (Wildman–Crippen LogP) is 4.70. The lowest BCUT2D eigenvalue weighted by molar-refractivity contribution is -0.144. The molecule has 2 aliphatic rings. The number of carbonyl (C=O) groups is 1. The molecule has 160 valence electrons. The molecule has 2 aliphatic heterocycles. The minimum Gasteiger partial charge on any atom is -0.490 e. The van der Waals surface area contributed by atoms with Crippen molar-refractivity contribution in [3.8, 4) is 16.9 Å². The number of rotatable bonds is 4. The number of amides is 1. The van der Waals surface area contributed by atoms with Gasteiger partial charge in [-0.15, -0.1) is 0 Å². The lowest BCUT2D eigenvalue weighted by Gasteiger charge is -2.34. The van der Waals surface area contributed by atoms with Gasteiger partial charge in [-0.05, 0) is 42.2 Å². The summed E-state index contributed by atoms with van der Waals surface area (Å²) in [5.74, 6) is 1.34. The lowest BCUT2D eigenvalue weighted by Crippen LogP contribution is -2.47. The molecular weight excluding hydrogens is 388 g/mol. The van der Waals surface area contributed by atoms with Crippen molar-refractivity contribution in [1.82, 2.24) is 9.88 Å². The molecule has 2 saturated heterocycles. The van der Waals surface area contributed by atoms with Gasteiger partial charge < -0.3 is 14.4 Å². The zero-order valence-corrected chi connectivity index (χ0v) is 17.9. The van der Waals surface area contributed by atoms with Crippen molar-refractivity contribution in [3.63, 3.8) is 0 Å². The van der Waals surface area contributed by atoms with Gasteiger partial charge in [0.25, 0.3) is 5.91 Å². The molecule has 2 atom stereocenters. The molecule has 1 amide bonds. The Kier molecular flexibility index (Phi) is 5.60. The Morgan fingerprint density at radius 1 is 1.03 bits per heavy atom. The minimum absolute atomic E-state index is 0.138. The monoisotopic (exact) mass is 416 g/mol. The van der Waals surface area contributed by atoms with Crippen LogP contribution in [0.5, 0.6) is 5.75 Å². The summed E-state index contributed by atoms with van der Waals surface area (Å²) in [7, 11) is 0. The molecule has 5 rings (SSSR count). The molecule has 0 N–H and O–H groups in total.